The van der Waals surface area contributed by atoms with Gasteiger partial charge < -0.3 is 10.2 Å². The Kier molecular flexibility index (Phi) is 5.41. The van der Waals surface area contributed by atoms with Crippen LogP contribution < -0.4 is 5.32 Å². The summed E-state index contributed by atoms with van der Waals surface area (Å²) in [5.74, 6) is 0.0554. The molecule has 4 heterocycles. The lowest BCUT2D eigenvalue weighted by Crippen LogP contribution is -2.57. The summed E-state index contributed by atoms with van der Waals surface area (Å²) in [7, 11) is 0. The molecule has 2 saturated heterocycles. The van der Waals surface area contributed by atoms with Gasteiger partial charge in [0.25, 0.3) is 5.91 Å². The van der Waals surface area contributed by atoms with Crippen LogP contribution in [-0.4, -0.2) is 49.9 Å². The second-order valence-electron chi connectivity index (χ2n) is 10.3. The third-order valence-electron chi connectivity index (χ3n) is 8.36. The molecule has 0 spiro atoms. The lowest BCUT2D eigenvalue weighted by Gasteiger charge is -2.43. The van der Waals surface area contributed by atoms with Gasteiger partial charge in [-0.15, -0.1) is 0 Å². The fourth-order valence-corrected chi connectivity index (χ4v) is 6.71. The maximum Gasteiger partial charge on any atom is 0.273 e. The monoisotopic (exact) mass is 453 g/mol. The van der Waals surface area contributed by atoms with E-state index < -0.39 is 0 Å². The number of pyridine rings is 1. The Morgan fingerprint density at radius 3 is 2.68 bits per heavy atom. The van der Waals surface area contributed by atoms with Crippen LogP contribution in [0.4, 0.5) is 0 Å². The molecule has 1 amide bonds. The number of nitrogens with one attached hydrogen (secondary N) is 1. The molecule has 2 aliphatic heterocycles. The van der Waals surface area contributed by atoms with Crippen LogP contribution in [0.1, 0.15) is 55.1 Å². The lowest BCUT2D eigenvalue weighted by molar-refractivity contribution is 0.0606. The van der Waals surface area contributed by atoms with Crippen molar-refractivity contribution in [3.63, 3.8) is 0 Å². The Bertz CT molecular complexity index is 1170. The van der Waals surface area contributed by atoms with Gasteiger partial charge in [0, 0.05) is 47.5 Å². The van der Waals surface area contributed by atoms with Crippen LogP contribution in [0.3, 0.4) is 0 Å². The van der Waals surface area contributed by atoms with Crippen LogP contribution in [-0.2, 0) is 6.42 Å². The molecule has 1 saturated carbocycles. The van der Waals surface area contributed by atoms with E-state index in [4.69, 9.17) is 4.98 Å². The average molecular weight is 454 g/mol. The number of carbonyl (C=O) groups excluding carboxylic acids is 1. The highest BCUT2D eigenvalue weighted by molar-refractivity contribution is 5.93. The summed E-state index contributed by atoms with van der Waals surface area (Å²) in [4.78, 5) is 29.3. The molecule has 6 heteroatoms. The van der Waals surface area contributed by atoms with Gasteiger partial charge in [-0.3, -0.25) is 4.79 Å². The standard InChI is InChI=1S/C28H31N5O/c1-28-15-24-23(14-19-8-3-2-4-9-19)32-25(28)12-5-6-13-26(28)33(24)27(34)22-11-7-10-21(31-22)20-16-29-18-30-17-20/h2-4,7-11,16-18,23-26,32H,5-6,12-15H2,1H3/t23-,24+,25-,26+,28-/m1/s1. The van der Waals surface area contributed by atoms with E-state index in [1.54, 1.807) is 12.4 Å². The smallest absolute Gasteiger partial charge is 0.273 e. The van der Waals surface area contributed by atoms with Gasteiger partial charge in [0.2, 0.25) is 0 Å². The predicted molar refractivity (Wildman–Crippen MR) is 131 cm³/mol. The maximum atomic E-state index is 14.1. The van der Waals surface area contributed by atoms with Crippen molar-refractivity contribution >= 4 is 5.91 Å². The molecule has 6 rings (SSSR count). The van der Waals surface area contributed by atoms with Crippen molar-refractivity contribution in [3.05, 3.63) is 78.5 Å². The van der Waals surface area contributed by atoms with Gasteiger partial charge in [0.1, 0.15) is 12.0 Å². The third kappa shape index (κ3) is 3.61. The predicted octanol–water partition coefficient (Wildman–Crippen LogP) is 4.29. The highest BCUT2D eigenvalue weighted by Crippen LogP contribution is 2.52. The van der Waals surface area contributed by atoms with Crippen LogP contribution in [0, 0.1) is 5.41 Å². The van der Waals surface area contributed by atoms with Crippen molar-refractivity contribution in [3.8, 4) is 11.3 Å². The number of benzene rings is 1. The Balaban J connectivity index is 1.36. The highest BCUT2D eigenvalue weighted by Gasteiger charge is 2.60. The van der Waals surface area contributed by atoms with Crippen LogP contribution in [0.5, 0.6) is 0 Å². The zero-order valence-corrected chi connectivity index (χ0v) is 19.6. The van der Waals surface area contributed by atoms with E-state index in [2.05, 4.69) is 57.4 Å². The number of amides is 1. The first-order valence-corrected chi connectivity index (χ1v) is 12.5. The quantitative estimate of drug-likeness (QED) is 0.638. The summed E-state index contributed by atoms with van der Waals surface area (Å²) in [6.07, 6.45) is 11.6. The van der Waals surface area contributed by atoms with Crippen molar-refractivity contribution < 1.29 is 4.79 Å². The first-order valence-electron chi connectivity index (χ1n) is 12.5. The molecule has 34 heavy (non-hydrogen) atoms. The fourth-order valence-electron chi connectivity index (χ4n) is 6.71. The highest BCUT2D eigenvalue weighted by atomic mass is 16.2. The van der Waals surface area contributed by atoms with Gasteiger partial charge in [-0.1, -0.05) is 56.2 Å². The molecule has 174 valence electrons. The third-order valence-corrected chi connectivity index (χ3v) is 8.36. The van der Waals surface area contributed by atoms with Gasteiger partial charge in [-0.05, 0) is 43.4 Å². The Morgan fingerprint density at radius 2 is 1.85 bits per heavy atom. The van der Waals surface area contributed by atoms with E-state index in [0.29, 0.717) is 11.7 Å². The van der Waals surface area contributed by atoms with E-state index in [0.717, 1.165) is 30.5 Å². The second-order valence-corrected chi connectivity index (χ2v) is 10.3. The maximum absolute atomic E-state index is 14.1. The number of hydrogen-bond donors (Lipinski definition) is 1. The molecular formula is C28H31N5O. The van der Waals surface area contributed by atoms with Crippen LogP contribution in [0.15, 0.2) is 67.3 Å². The van der Waals surface area contributed by atoms with Crippen LogP contribution in [0.25, 0.3) is 11.3 Å². The number of fused-ring (bicyclic) bond motifs is 1. The molecule has 1 N–H and O–H groups in total. The number of likely N-dealkylation sites (tertiary alicyclic amines) is 1. The normalized spacial score (nSPS) is 30.1. The summed E-state index contributed by atoms with van der Waals surface area (Å²) in [5.41, 5.74) is 3.49. The largest absolute Gasteiger partial charge is 0.329 e. The molecule has 5 atom stereocenters. The van der Waals surface area contributed by atoms with Gasteiger partial charge in [-0.25, -0.2) is 15.0 Å². The number of rotatable bonds is 4. The second kappa shape index (κ2) is 8.58. The van der Waals surface area contributed by atoms with Gasteiger partial charge >= 0.3 is 0 Å². The van der Waals surface area contributed by atoms with Gasteiger partial charge in [0.05, 0.1) is 5.69 Å². The zero-order chi connectivity index (χ0) is 23.1. The molecule has 3 fully saturated rings. The minimum absolute atomic E-state index is 0.0554. The number of nitrogens with zero attached hydrogens (tertiary/aromatic N) is 4. The SMILES string of the molecule is C[C@@]12C[C@H]3[C@@H](Cc4ccccc4)N[C@@H]1CCCC[C@@H]2N3C(=O)c1cccc(-c2cncnc2)n1. The number of piperidine rings is 1. The Morgan fingerprint density at radius 1 is 1.06 bits per heavy atom. The van der Waals surface area contributed by atoms with Crippen molar-refractivity contribution in [2.75, 3.05) is 0 Å². The van der Waals surface area contributed by atoms with Crippen molar-refractivity contribution in [2.45, 2.75) is 69.6 Å². The number of aromatic nitrogens is 3. The molecule has 3 aliphatic rings. The minimum atomic E-state index is 0.0554. The molecule has 1 aromatic carbocycles. The van der Waals surface area contributed by atoms with Gasteiger partial charge in [0.15, 0.2) is 0 Å². The van der Waals surface area contributed by atoms with E-state index >= 15 is 0 Å². The number of carbonyl (C=O) groups is 1. The molecule has 0 radical (unpaired) electrons. The summed E-state index contributed by atoms with van der Waals surface area (Å²) in [6.45, 7) is 2.41. The average Bonchev–Trinajstić information content (AvgIpc) is 3.03. The van der Waals surface area contributed by atoms with Crippen molar-refractivity contribution in [1.29, 1.82) is 0 Å². The first kappa shape index (κ1) is 21.4. The summed E-state index contributed by atoms with van der Waals surface area (Å²) in [6, 6.07) is 17.5. The summed E-state index contributed by atoms with van der Waals surface area (Å²) < 4.78 is 0. The Hall–Kier alpha value is -3.12. The molecule has 0 unspecified atom stereocenters. The summed E-state index contributed by atoms with van der Waals surface area (Å²) in [5, 5.41) is 4.02. The zero-order valence-electron chi connectivity index (χ0n) is 19.6. The van der Waals surface area contributed by atoms with Crippen molar-refractivity contribution in [2.24, 2.45) is 5.41 Å². The molecule has 2 aromatic heterocycles. The molecule has 3 aromatic rings. The van der Waals surface area contributed by atoms with E-state index in [-0.39, 0.29) is 29.4 Å². The van der Waals surface area contributed by atoms with Crippen molar-refractivity contribution in [1.82, 2.24) is 25.2 Å². The molecular weight excluding hydrogens is 422 g/mol. The topological polar surface area (TPSA) is 71.0 Å². The first-order chi connectivity index (χ1) is 16.6. The van der Waals surface area contributed by atoms with E-state index in [1.807, 2.05) is 18.2 Å². The summed E-state index contributed by atoms with van der Waals surface area (Å²) >= 11 is 0. The van der Waals surface area contributed by atoms with E-state index in [1.165, 1.54) is 31.2 Å². The Labute approximate surface area is 200 Å². The van der Waals surface area contributed by atoms with Crippen LogP contribution >= 0.6 is 0 Å². The molecule has 2 bridgehead atoms. The number of hydrogen-bond acceptors (Lipinski definition) is 5. The molecule has 1 aliphatic carbocycles. The van der Waals surface area contributed by atoms with Gasteiger partial charge in [-0.2, -0.15) is 0 Å². The lowest BCUT2D eigenvalue weighted by atomic mass is 9.70. The fraction of sp³-hybridized carbons (Fsp3) is 0.429. The minimum Gasteiger partial charge on any atom is -0.329 e. The van der Waals surface area contributed by atoms with Crippen LogP contribution in [0.2, 0.25) is 0 Å². The van der Waals surface area contributed by atoms with E-state index in [9.17, 15) is 4.79 Å². The molecule has 6 nitrogen and oxygen atoms in total.